The van der Waals surface area contributed by atoms with Gasteiger partial charge in [0.2, 0.25) is 0 Å². The molecule has 0 amide bonds. The molecule has 19 heavy (non-hydrogen) atoms. The molecule has 0 saturated heterocycles. The van der Waals surface area contributed by atoms with E-state index >= 15 is 0 Å². The van der Waals surface area contributed by atoms with Crippen molar-refractivity contribution in [1.29, 1.82) is 0 Å². The van der Waals surface area contributed by atoms with Gasteiger partial charge in [0.15, 0.2) is 0 Å². The molecule has 0 bridgehead atoms. The minimum atomic E-state index is -0.191. The molecule has 5 heteroatoms. The third-order valence-corrected chi connectivity index (χ3v) is 4.13. The second-order valence-corrected chi connectivity index (χ2v) is 5.24. The van der Waals surface area contributed by atoms with Gasteiger partial charge in [-0.2, -0.15) is 5.10 Å². The van der Waals surface area contributed by atoms with Crippen molar-refractivity contribution < 1.29 is 4.39 Å². The van der Waals surface area contributed by atoms with Crippen LogP contribution in [-0.2, 0) is 20.0 Å². The summed E-state index contributed by atoms with van der Waals surface area (Å²) < 4.78 is 16.3. The van der Waals surface area contributed by atoms with E-state index in [2.05, 4.69) is 33.3 Å². The summed E-state index contributed by atoms with van der Waals surface area (Å²) in [6, 6.07) is 5.06. The van der Waals surface area contributed by atoms with Crippen molar-refractivity contribution in [3.8, 4) is 0 Å². The van der Waals surface area contributed by atoms with E-state index in [9.17, 15) is 4.39 Å². The number of anilines is 1. The van der Waals surface area contributed by atoms with Gasteiger partial charge in [0.25, 0.3) is 0 Å². The first-order chi connectivity index (χ1) is 9.04. The second kappa shape index (κ2) is 5.74. The summed E-state index contributed by atoms with van der Waals surface area (Å²) in [5.41, 5.74) is 3.54. The van der Waals surface area contributed by atoms with Crippen LogP contribution in [0.2, 0.25) is 0 Å². The molecular weight excluding hydrogens is 309 g/mol. The minimum Gasteiger partial charge on any atom is -0.379 e. The Morgan fingerprint density at radius 2 is 2.16 bits per heavy atom. The molecule has 0 saturated carbocycles. The number of rotatable bonds is 4. The maximum absolute atomic E-state index is 13.5. The van der Waals surface area contributed by atoms with Crippen LogP contribution >= 0.6 is 15.9 Å². The van der Waals surface area contributed by atoms with Gasteiger partial charge in [0, 0.05) is 18.3 Å². The van der Waals surface area contributed by atoms with Crippen LogP contribution in [0.5, 0.6) is 0 Å². The van der Waals surface area contributed by atoms with E-state index in [0.29, 0.717) is 12.1 Å². The van der Waals surface area contributed by atoms with Crippen molar-refractivity contribution in [2.75, 3.05) is 5.32 Å². The van der Waals surface area contributed by atoms with E-state index in [-0.39, 0.29) is 5.82 Å². The van der Waals surface area contributed by atoms with Crippen LogP contribution in [0.3, 0.4) is 0 Å². The van der Waals surface area contributed by atoms with Gasteiger partial charge in [0.05, 0.1) is 22.4 Å². The smallest absolute Gasteiger partial charge is 0.128 e. The van der Waals surface area contributed by atoms with Crippen molar-refractivity contribution in [2.24, 2.45) is 7.05 Å². The first kappa shape index (κ1) is 14.1. The average molecular weight is 326 g/mol. The van der Waals surface area contributed by atoms with Crippen LogP contribution in [-0.4, -0.2) is 9.78 Å². The fourth-order valence-electron chi connectivity index (χ4n) is 1.99. The van der Waals surface area contributed by atoms with Gasteiger partial charge in [-0.3, -0.25) is 4.68 Å². The summed E-state index contributed by atoms with van der Waals surface area (Å²) >= 11 is 3.57. The third-order valence-electron chi connectivity index (χ3n) is 3.22. The predicted octanol–water partition coefficient (Wildman–Crippen LogP) is 3.80. The minimum absolute atomic E-state index is 0.191. The van der Waals surface area contributed by atoms with Gasteiger partial charge in [-0.05, 0) is 41.4 Å². The van der Waals surface area contributed by atoms with Crippen LogP contribution < -0.4 is 5.32 Å². The predicted molar refractivity (Wildman–Crippen MR) is 78.7 cm³/mol. The topological polar surface area (TPSA) is 29.9 Å². The Hall–Kier alpha value is -1.36. The molecule has 0 unspecified atom stereocenters. The molecule has 1 heterocycles. The number of aryl methyl sites for hydroxylation is 2. The molecule has 1 N–H and O–H groups in total. The summed E-state index contributed by atoms with van der Waals surface area (Å²) in [6.07, 6.45) is 0.882. The van der Waals surface area contributed by atoms with Crippen molar-refractivity contribution in [2.45, 2.75) is 26.8 Å². The summed E-state index contributed by atoms with van der Waals surface area (Å²) in [7, 11) is 1.92. The van der Waals surface area contributed by atoms with Crippen LogP contribution in [0.4, 0.5) is 10.1 Å². The zero-order valence-corrected chi connectivity index (χ0v) is 12.9. The molecule has 2 aromatic rings. The summed E-state index contributed by atoms with van der Waals surface area (Å²) in [4.78, 5) is 0. The molecule has 0 aliphatic heterocycles. The SMILES string of the molecule is CCc1nn(C)c(CNc2cccc(F)c2C)c1Br. The molecule has 2 rings (SSSR count). The number of nitrogens with one attached hydrogen (secondary N) is 1. The number of nitrogens with zero attached hydrogens (tertiary/aromatic N) is 2. The molecule has 1 aromatic carbocycles. The molecule has 0 spiro atoms. The number of aromatic nitrogens is 2. The van der Waals surface area contributed by atoms with Crippen molar-refractivity contribution in [3.63, 3.8) is 0 Å². The molecule has 0 aliphatic rings. The first-order valence-corrected chi connectivity index (χ1v) is 7.03. The first-order valence-electron chi connectivity index (χ1n) is 6.23. The summed E-state index contributed by atoms with van der Waals surface area (Å²) in [5, 5.41) is 7.69. The van der Waals surface area contributed by atoms with Crippen molar-refractivity contribution in [1.82, 2.24) is 9.78 Å². The molecule has 0 atom stereocenters. The summed E-state index contributed by atoms with van der Waals surface area (Å²) in [5.74, 6) is -0.191. The number of halogens is 2. The fourth-order valence-corrected chi connectivity index (χ4v) is 2.75. The Balaban J connectivity index is 2.19. The Labute approximate surface area is 121 Å². The standard InChI is InChI=1S/C14H17BrFN3/c1-4-11-14(15)13(19(3)18-11)8-17-12-7-5-6-10(16)9(12)2/h5-7,17H,4,8H2,1-3H3. The lowest BCUT2D eigenvalue weighted by Crippen LogP contribution is -2.07. The van der Waals surface area contributed by atoms with E-state index in [1.807, 2.05) is 17.8 Å². The van der Waals surface area contributed by atoms with E-state index < -0.39 is 0 Å². The quantitative estimate of drug-likeness (QED) is 0.926. The van der Waals surface area contributed by atoms with Gasteiger partial charge >= 0.3 is 0 Å². The van der Waals surface area contributed by atoms with E-state index in [0.717, 1.165) is 28.0 Å². The Kier molecular flexibility index (Phi) is 4.24. The molecule has 0 radical (unpaired) electrons. The van der Waals surface area contributed by atoms with Gasteiger partial charge < -0.3 is 5.32 Å². The lowest BCUT2D eigenvalue weighted by atomic mass is 10.2. The van der Waals surface area contributed by atoms with E-state index in [1.54, 1.807) is 13.0 Å². The van der Waals surface area contributed by atoms with Crippen LogP contribution in [0.25, 0.3) is 0 Å². The van der Waals surface area contributed by atoms with Gasteiger partial charge in [-0.1, -0.05) is 13.0 Å². The average Bonchev–Trinajstić information content (AvgIpc) is 2.66. The number of hydrogen-bond donors (Lipinski definition) is 1. The van der Waals surface area contributed by atoms with Crippen LogP contribution in [0.15, 0.2) is 22.7 Å². The van der Waals surface area contributed by atoms with Gasteiger partial charge in [-0.25, -0.2) is 4.39 Å². The Morgan fingerprint density at radius 3 is 2.79 bits per heavy atom. The van der Waals surface area contributed by atoms with Crippen molar-refractivity contribution in [3.05, 3.63) is 45.4 Å². The molecule has 1 aromatic heterocycles. The lowest BCUT2D eigenvalue weighted by Gasteiger charge is -2.10. The third kappa shape index (κ3) is 2.81. The highest BCUT2D eigenvalue weighted by Gasteiger charge is 2.12. The molecular formula is C14H17BrFN3. The van der Waals surface area contributed by atoms with Crippen LogP contribution in [0.1, 0.15) is 23.9 Å². The number of benzene rings is 1. The maximum atomic E-state index is 13.5. The van der Waals surface area contributed by atoms with Gasteiger partial charge in [0.1, 0.15) is 5.82 Å². The van der Waals surface area contributed by atoms with Gasteiger partial charge in [-0.15, -0.1) is 0 Å². The molecule has 3 nitrogen and oxygen atoms in total. The fraction of sp³-hybridized carbons (Fsp3) is 0.357. The summed E-state index contributed by atoms with van der Waals surface area (Å²) in [6.45, 7) is 4.45. The lowest BCUT2D eigenvalue weighted by molar-refractivity contribution is 0.619. The highest BCUT2D eigenvalue weighted by atomic mass is 79.9. The van der Waals surface area contributed by atoms with E-state index in [4.69, 9.17) is 0 Å². The molecule has 0 fully saturated rings. The zero-order valence-electron chi connectivity index (χ0n) is 11.3. The normalized spacial score (nSPS) is 10.8. The molecule has 102 valence electrons. The van der Waals surface area contributed by atoms with E-state index in [1.165, 1.54) is 6.07 Å². The highest BCUT2D eigenvalue weighted by molar-refractivity contribution is 9.10. The Morgan fingerprint density at radius 1 is 1.42 bits per heavy atom. The monoisotopic (exact) mass is 325 g/mol. The van der Waals surface area contributed by atoms with Crippen LogP contribution in [0, 0.1) is 12.7 Å². The zero-order chi connectivity index (χ0) is 14.0. The second-order valence-electron chi connectivity index (χ2n) is 4.45. The maximum Gasteiger partial charge on any atom is 0.128 e. The van der Waals surface area contributed by atoms with Crippen molar-refractivity contribution >= 4 is 21.6 Å². The largest absolute Gasteiger partial charge is 0.379 e. The highest BCUT2D eigenvalue weighted by Crippen LogP contribution is 2.24. The Bertz CT molecular complexity index is 593. The molecule has 0 aliphatic carbocycles. The number of hydrogen-bond acceptors (Lipinski definition) is 2.